The van der Waals surface area contributed by atoms with Gasteiger partial charge in [0.1, 0.15) is 13.2 Å². The average molecular weight is 455 g/mol. The van der Waals surface area contributed by atoms with Crippen molar-refractivity contribution in [2.45, 2.75) is 6.54 Å². The molecule has 4 rings (SSSR count). The molecule has 1 aliphatic heterocycles. The number of nitrogens with one attached hydrogen (secondary N) is 1. The first kappa shape index (κ1) is 22.9. The molecule has 0 aliphatic carbocycles. The van der Waals surface area contributed by atoms with Gasteiger partial charge in [-0.2, -0.15) is 0 Å². The van der Waals surface area contributed by atoms with Crippen LogP contribution in [0.4, 0.5) is 5.69 Å². The van der Waals surface area contributed by atoms with Crippen molar-refractivity contribution in [3.05, 3.63) is 108 Å². The molecule has 0 unspecified atom stereocenters. The average Bonchev–Trinajstić information content (AvgIpc) is 2.90. The van der Waals surface area contributed by atoms with Gasteiger partial charge in [0.25, 0.3) is 5.91 Å². The van der Waals surface area contributed by atoms with Crippen molar-refractivity contribution in [3.63, 3.8) is 0 Å². The Kier molecular flexibility index (Phi) is 7.40. The third kappa shape index (κ3) is 5.72. The fraction of sp³-hybridized carbons (Fsp3) is 0.143. The summed E-state index contributed by atoms with van der Waals surface area (Å²) >= 11 is 0. The lowest BCUT2D eigenvalue weighted by atomic mass is 10.1. The van der Waals surface area contributed by atoms with Crippen LogP contribution in [0.5, 0.6) is 11.5 Å². The standard InChI is InChI=1S/C28H26N2O4/c1-2-27(31)29-20-22-10-12-23(13-11-22)28(32)30(16-6-9-21-7-4-3-5-8-21)24-14-15-25-26(19-24)34-18-17-33-25/h2-15,19H,1,16-18,20H2,(H,29,31)/b9-6-. The van der Waals surface area contributed by atoms with Crippen molar-refractivity contribution in [2.75, 3.05) is 24.7 Å². The van der Waals surface area contributed by atoms with Gasteiger partial charge in [0.05, 0.1) is 0 Å². The van der Waals surface area contributed by atoms with E-state index in [0.29, 0.717) is 49.1 Å². The normalized spacial score (nSPS) is 12.2. The summed E-state index contributed by atoms with van der Waals surface area (Å²) in [4.78, 5) is 26.6. The zero-order valence-electron chi connectivity index (χ0n) is 18.8. The molecule has 6 heteroatoms. The van der Waals surface area contributed by atoms with E-state index in [4.69, 9.17) is 9.47 Å². The molecular weight excluding hydrogens is 428 g/mol. The molecule has 0 saturated carbocycles. The molecule has 0 fully saturated rings. The first-order chi connectivity index (χ1) is 16.6. The Bertz CT molecular complexity index is 1190. The highest BCUT2D eigenvalue weighted by atomic mass is 16.6. The van der Waals surface area contributed by atoms with Crippen molar-refractivity contribution in [1.82, 2.24) is 5.32 Å². The molecule has 1 aliphatic rings. The van der Waals surface area contributed by atoms with Crippen LogP contribution in [0.2, 0.25) is 0 Å². The van der Waals surface area contributed by atoms with E-state index in [1.54, 1.807) is 17.0 Å². The first-order valence-corrected chi connectivity index (χ1v) is 11.1. The minimum Gasteiger partial charge on any atom is -0.486 e. The molecule has 34 heavy (non-hydrogen) atoms. The lowest BCUT2D eigenvalue weighted by Crippen LogP contribution is -2.31. The first-order valence-electron chi connectivity index (χ1n) is 11.1. The maximum absolute atomic E-state index is 13.5. The zero-order chi connectivity index (χ0) is 23.8. The number of nitrogens with zero attached hydrogens (tertiary/aromatic N) is 1. The molecule has 172 valence electrons. The third-order valence-electron chi connectivity index (χ3n) is 5.33. The number of carbonyl (C=O) groups excluding carboxylic acids is 2. The van der Waals surface area contributed by atoms with Gasteiger partial charge in [-0.1, -0.05) is 61.2 Å². The summed E-state index contributed by atoms with van der Waals surface area (Å²) in [6.07, 6.45) is 5.18. The smallest absolute Gasteiger partial charge is 0.258 e. The Labute approximate surface area is 199 Å². The summed E-state index contributed by atoms with van der Waals surface area (Å²) in [5, 5.41) is 2.73. The number of anilines is 1. The van der Waals surface area contributed by atoms with E-state index in [9.17, 15) is 9.59 Å². The highest BCUT2D eigenvalue weighted by Gasteiger charge is 2.20. The Morgan fingerprint density at radius 3 is 2.41 bits per heavy atom. The minimum absolute atomic E-state index is 0.143. The topological polar surface area (TPSA) is 67.9 Å². The molecule has 0 aromatic heterocycles. The van der Waals surface area contributed by atoms with E-state index >= 15 is 0 Å². The van der Waals surface area contributed by atoms with E-state index < -0.39 is 0 Å². The highest BCUT2D eigenvalue weighted by molar-refractivity contribution is 6.06. The molecule has 3 aromatic carbocycles. The molecule has 0 saturated heterocycles. The quantitative estimate of drug-likeness (QED) is 0.505. The maximum Gasteiger partial charge on any atom is 0.258 e. The molecule has 1 N–H and O–H groups in total. The van der Waals surface area contributed by atoms with E-state index in [-0.39, 0.29) is 11.8 Å². The molecule has 2 amide bonds. The van der Waals surface area contributed by atoms with Crippen LogP contribution in [-0.2, 0) is 11.3 Å². The maximum atomic E-state index is 13.5. The van der Waals surface area contributed by atoms with Crippen LogP contribution in [0.25, 0.3) is 6.08 Å². The minimum atomic E-state index is -0.241. The van der Waals surface area contributed by atoms with Crippen molar-refractivity contribution in [2.24, 2.45) is 0 Å². The van der Waals surface area contributed by atoms with E-state index in [0.717, 1.165) is 11.1 Å². The summed E-state index contributed by atoms with van der Waals surface area (Å²) in [5.41, 5.74) is 3.21. The monoisotopic (exact) mass is 454 g/mol. The van der Waals surface area contributed by atoms with E-state index in [2.05, 4.69) is 11.9 Å². The Hall–Kier alpha value is -4.32. The van der Waals surface area contributed by atoms with Gasteiger partial charge in [-0.3, -0.25) is 9.59 Å². The zero-order valence-corrected chi connectivity index (χ0v) is 18.8. The van der Waals surface area contributed by atoms with Gasteiger partial charge in [-0.15, -0.1) is 0 Å². The van der Waals surface area contributed by atoms with Crippen molar-refractivity contribution < 1.29 is 19.1 Å². The van der Waals surface area contributed by atoms with Gasteiger partial charge < -0.3 is 19.7 Å². The second-order valence-electron chi connectivity index (χ2n) is 7.68. The van der Waals surface area contributed by atoms with E-state index in [1.807, 2.05) is 72.8 Å². The number of hydrogen-bond acceptors (Lipinski definition) is 4. The molecule has 0 spiro atoms. The van der Waals surface area contributed by atoms with Gasteiger partial charge in [0, 0.05) is 30.4 Å². The van der Waals surface area contributed by atoms with Gasteiger partial charge in [0.2, 0.25) is 5.91 Å². The molecule has 0 bridgehead atoms. The number of ether oxygens (including phenoxy) is 2. The van der Waals surface area contributed by atoms with Gasteiger partial charge >= 0.3 is 0 Å². The fourth-order valence-corrected chi connectivity index (χ4v) is 3.55. The number of fused-ring (bicyclic) bond motifs is 1. The molecule has 0 atom stereocenters. The summed E-state index contributed by atoms with van der Waals surface area (Å²) in [7, 11) is 0. The Morgan fingerprint density at radius 1 is 0.941 bits per heavy atom. The summed E-state index contributed by atoms with van der Waals surface area (Å²) in [6.45, 7) is 5.17. The van der Waals surface area contributed by atoms with Gasteiger partial charge in [0.15, 0.2) is 11.5 Å². The van der Waals surface area contributed by atoms with Crippen LogP contribution in [0.15, 0.2) is 91.5 Å². The van der Waals surface area contributed by atoms with Gasteiger partial charge in [-0.05, 0) is 41.5 Å². The molecule has 3 aromatic rings. The lowest BCUT2D eigenvalue weighted by molar-refractivity contribution is -0.116. The second-order valence-corrected chi connectivity index (χ2v) is 7.68. The second kappa shape index (κ2) is 11.0. The summed E-state index contributed by atoms with van der Waals surface area (Å²) in [5.74, 6) is 0.918. The number of carbonyl (C=O) groups is 2. The van der Waals surface area contributed by atoms with Crippen molar-refractivity contribution >= 4 is 23.6 Å². The fourth-order valence-electron chi connectivity index (χ4n) is 3.55. The molecule has 6 nitrogen and oxygen atoms in total. The molecule has 1 heterocycles. The number of rotatable bonds is 8. The number of benzene rings is 3. The predicted molar refractivity (Wildman–Crippen MR) is 133 cm³/mol. The van der Waals surface area contributed by atoms with Crippen LogP contribution in [0, 0.1) is 0 Å². The number of amides is 2. The Balaban J connectivity index is 1.56. The molecular formula is C28H26N2O4. The Morgan fingerprint density at radius 2 is 1.68 bits per heavy atom. The van der Waals surface area contributed by atoms with Crippen LogP contribution >= 0.6 is 0 Å². The van der Waals surface area contributed by atoms with Crippen LogP contribution in [0.1, 0.15) is 21.5 Å². The highest BCUT2D eigenvalue weighted by Crippen LogP contribution is 2.34. The summed E-state index contributed by atoms with van der Waals surface area (Å²) < 4.78 is 11.3. The van der Waals surface area contributed by atoms with Gasteiger partial charge in [-0.25, -0.2) is 0 Å². The van der Waals surface area contributed by atoms with Crippen LogP contribution < -0.4 is 19.7 Å². The van der Waals surface area contributed by atoms with E-state index in [1.165, 1.54) is 6.08 Å². The van der Waals surface area contributed by atoms with Crippen molar-refractivity contribution in [3.8, 4) is 11.5 Å². The third-order valence-corrected chi connectivity index (χ3v) is 5.33. The summed E-state index contributed by atoms with van der Waals surface area (Å²) in [6, 6.07) is 22.7. The van der Waals surface area contributed by atoms with Crippen molar-refractivity contribution in [1.29, 1.82) is 0 Å². The van der Waals surface area contributed by atoms with Crippen LogP contribution in [-0.4, -0.2) is 31.6 Å². The lowest BCUT2D eigenvalue weighted by Gasteiger charge is -2.25. The SMILES string of the molecule is C=CC(=O)NCc1ccc(C(=O)N(C/C=C\c2ccccc2)c2ccc3c(c2)OCCO3)cc1. The number of hydrogen-bond donors (Lipinski definition) is 1. The molecule has 0 radical (unpaired) electrons. The predicted octanol–water partition coefficient (Wildman–Crippen LogP) is 4.62. The largest absolute Gasteiger partial charge is 0.486 e. The van der Waals surface area contributed by atoms with Crippen LogP contribution in [0.3, 0.4) is 0 Å².